The molecule has 0 aromatic rings. The fraction of sp³-hybridized carbons (Fsp3) is 0.500. The van der Waals surface area contributed by atoms with E-state index in [-0.39, 0.29) is 0 Å². The molecule has 0 aromatic carbocycles. The summed E-state index contributed by atoms with van der Waals surface area (Å²) in [5.74, 6) is 0. The second-order valence-corrected chi connectivity index (χ2v) is 4.77. The Kier molecular flexibility index (Phi) is 5.44. The smallest absolute Gasteiger partial charge is 0.0548 e. The van der Waals surface area contributed by atoms with Gasteiger partial charge in [0, 0.05) is 11.1 Å². The minimum Gasteiger partial charge on any atom is -0.310 e. The lowest BCUT2D eigenvalue weighted by Crippen LogP contribution is -2.34. The number of halogens is 2. The zero-order valence-corrected chi connectivity index (χ0v) is 10.5. The molecule has 1 nitrogen and oxygen atoms in total. The monoisotopic (exact) mass is 245 g/mol. The van der Waals surface area contributed by atoms with Crippen LogP contribution in [0.25, 0.3) is 0 Å². The van der Waals surface area contributed by atoms with Crippen LogP contribution in [0.5, 0.6) is 0 Å². The Hall–Kier alpha value is -0.240. The van der Waals surface area contributed by atoms with Crippen molar-refractivity contribution in [2.24, 2.45) is 0 Å². The van der Waals surface area contributed by atoms with Gasteiger partial charge in [-0.05, 0) is 38.0 Å². The number of hydrogen-bond donors (Lipinski definition) is 1. The van der Waals surface area contributed by atoms with Crippen LogP contribution in [0.3, 0.4) is 0 Å². The number of nitrogens with one attached hydrogen (secondary N) is 1. The van der Waals surface area contributed by atoms with Crippen molar-refractivity contribution < 1.29 is 0 Å². The maximum atomic E-state index is 5.90. The first-order chi connectivity index (χ1) is 7.11. The van der Waals surface area contributed by atoms with Crippen molar-refractivity contribution in [3.05, 3.63) is 34.4 Å². The molecule has 0 radical (unpaired) electrons. The topological polar surface area (TPSA) is 12.0 Å². The number of rotatable bonds is 3. The van der Waals surface area contributed by atoms with Crippen LogP contribution in [-0.4, -0.2) is 12.6 Å². The summed E-state index contributed by atoms with van der Waals surface area (Å²) >= 11 is 11.6. The molecule has 0 amide bonds. The Morgan fingerprint density at radius 1 is 1.33 bits per heavy atom. The SMILES string of the molecule is C=C(/C=C\C(Cl)=C(/C)Cl)[C@@H]1CCCCN1. The Morgan fingerprint density at radius 2 is 2.07 bits per heavy atom. The summed E-state index contributed by atoms with van der Waals surface area (Å²) in [4.78, 5) is 0. The average molecular weight is 246 g/mol. The minimum absolute atomic E-state index is 0.398. The molecule has 0 unspecified atom stereocenters. The molecule has 1 fully saturated rings. The highest BCUT2D eigenvalue weighted by atomic mass is 35.5. The van der Waals surface area contributed by atoms with Gasteiger partial charge in [0.2, 0.25) is 0 Å². The van der Waals surface area contributed by atoms with Gasteiger partial charge >= 0.3 is 0 Å². The van der Waals surface area contributed by atoms with Crippen molar-refractivity contribution in [1.82, 2.24) is 5.32 Å². The Labute approximate surface area is 102 Å². The Bertz CT molecular complexity index is 282. The first-order valence-electron chi connectivity index (χ1n) is 5.23. The van der Waals surface area contributed by atoms with Gasteiger partial charge in [0.05, 0.1) is 5.03 Å². The van der Waals surface area contributed by atoms with E-state index in [0.29, 0.717) is 16.1 Å². The molecule has 84 valence electrons. The average Bonchev–Trinajstić information content (AvgIpc) is 2.26. The molecule has 15 heavy (non-hydrogen) atoms. The van der Waals surface area contributed by atoms with Gasteiger partial charge in [-0.1, -0.05) is 42.3 Å². The molecular formula is C12H17Cl2N. The quantitative estimate of drug-likeness (QED) is 0.743. The fourth-order valence-corrected chi connectivity index (χ4v) is 1.71. The van der Waals surface area contributed by atoms with Crippen molar-refractivity contribution in [3.63, 3.8) is 0 Å². The first-order valence-corrected chi connectivity index (χ1v) is 5.99. The van der Waals surface area contributed by atoms with Crippen LogP contribution >= 0.6 is 23.2 Å². The molecule has 0 aliphatic carbocycles. The molecule has 0 aromatic heterocycles. The molecule has 1 rings (SSSR count). The van der Waals surface area contributed by atoms with Gasteiger partial charge in [0.25, 0.3) is 0 Å². The number of hydrogen-bond acceptors (Lipinski definition) is 1. The van der Waals surface area contributed by atoms with Crippen molar-refractivity contribution in [3.8, 4) is 0 Å². The van der Waals surface area contributed by atoms with Crippen molar-refractivity contribution in [2.45, 2.75) is 32.2 Å². The molecule has 0 bridgehead atoms. The standard InChI is InChI=1S/C12H17Cl2N/c1-9(6-7-11(14)10(2)13)12-5-3-4-8-15-12/h6-7,12,15H,1,3-5,8H2,2H3/b7-6-,11-10-/t12-/m0/s1. The van der Waals surface area contributed by atoms with E-state index in [1.54, 1.807) is 6.92 Å². The molecule has 1 N–H and O–H groups in total. The van der Waals surface area contributed by atoms with E-state index in [1.807, 2.05) is 12.2 Å². The maximum Gasteiger partial charge on any atom is 0.0548 e. The van der Waals surface area contributed by atoms with Gasteiger partial charge in [-0.3, -0.25) is 0 Å². The fourth-order valence-electron chi connectivity index (χ4n) is 1.58. The van der Waals surface area contributed by atoms with Gasteiger partial charge in [-0.15, -0.1) is 0 Å². The predicted octanol–water partition coefficient (Wildman–Crippen LogP) is 3.95. The highest BCUT2D eigenvalue weighted by molar-refractivity contribution is 6.39. The molecule has 1 aliphatic rings. The van der Waals surface area contributed by atoms with Crippen LogP contribution in [-0.2, 0) is 0 Å². The van der Waals surface area contributed by atoms with E-state index >= 15 is 0 Å². The molecule has 3 heteroatoms. The van der Waals surface area contributed by atoms with E-state index in [0.717, 1.165) is 18.5 Å². The van der Waals surface area contributed by atoms with E-state index < -0.39 is 0 Å². The van der Waals surface area contributed by atoms with Crippen LogP contribution in [0.15, 0.2) is 34.4 Å². The highest BCUT2D eigenvalue weighted by Crippen LogP contribution is 2.18. The molecule has 1 saturated heterocycles. The lowest BCUT2D eigenvalue weighted by Gasteiger charge is -2.23. The summed E-state index contributed by atoms with van der Waals surface area (Å²) in [5, 5.41) is 4.61. The number of piperidine rings is 1. The van der Waals surface area contributed by atoms with E-state index in [9.17, 15) is 0 Å². The van der Waals surface area contributed by atoms with Gasteiger partial charge in [0.1, 0.15) is 0 Å². The first kappa shape index (κ1) is 12.8. The normalized spacial score (nSPS) is 24.1. The van der Waals surface area contributed by atoms with Crippen LogP contribution < -0.4 is 5.32 Å². The van der Waals surface area contributed by atoms with E-state index in [1.165, 1.54) is 12.8 Å². The van der Waals surface area contributed by atoms with Crippen molar-refractivity contribution in [2.75, 3.05) is 6.54 Å². The van der Waals surface area contributed by atoms with E-state index in [4.69, 9.17) is 23.2 Å². The third-order valence-electron chi connectivity index (χ3n) is 2.53. The molecular weight excluding hydrogens is 229 g/mol. The van der Waals surface area contributed by atoms with Gasteiger partial charge in [-0.2, -0.15) is 0 Å². The summed E-state index contributed by atoms with van der Waals surface area (Å²) in [5.41, 5.74) is 1.07. The van der Waals surface area contributed by atoms with E-state index in [2.05, 4.69) is 11.9 Å². The second-order valence-electron chi connectivity index (χ2n) is 3.79. The minimum atomic E-state index is 0.398. The summed E-state index contributed by atoms with van der Waals surface area (Å²) in [6.07, 6.45) is 7.43. The lowest BCUT2D eigenvalue weighted by atomic mass is 9.98. The zero-order valence-electron chi connectivity index (χ0n) is 9.02. The van der Waals surface area contributed by atoms with Crippen LogP contribution in [0.2, 0.25) is 0 Å². The largest absolute Gasteiger partial charge is 0.310 e. The van der Waals surface area contributed by atoms with Gasteiger partial charge < -0.3 is 5.32 Å². The Balaban J connectivity index is 2.51. The molecule has 0 spiro atoms. The Morgan fingerprint density at radius 3 is 2.60 bits per heavy atom. The van der Waals surface area contributed by atoms with Gasteiger partial charge in [-0.25, -0.2) is 0 Å². The summed E-state index contributed by atoms with van der Waals surface area (Å²) < 4.78 is 0. The zero-order chi connectivity index (χ0) is 11.3. The summed E-state index contributed by atoms with van der Waals surface area (Å²) in [6.45, 7) is 6.89. The molecule has 1 aliphatic heterocycles. The van der Waals surface area contributed by atoms with Crippen LogP contribution in [0.1, 0.15) is 26.2 Å². The summed E-state index contributed by atoms with van der Waals surface area (Å²) in [7, 11) is 0. The summed E-state index contributed by atoms with van der Waals surface area (Å²) in [6, 6.07) is 0.398. The highest BCUT2D eigenvalue weighted by Gasteiger charge is 2.13. The van der Waals surface area contributed by atoms with Crippen LogP contribution in [0, 0.1) is 0 Å². The van der Waals surface area contributed by atoms with Crippen LogP contribution in [0.4, 0.5) is 0 Å². The number of allylic oxidation sites excluding steroid dienone is 3. The predicted molar refractivity (Wildman–Crippen MR) is 68.3 cm³/mol. The lowest BCUT2D eigenvalue weighted by molar-refractivity contribution is 0.445. The third-order valence-corrected chi connectivity index (χ3v) is 3.24. The maximum absolute atomic E-state index is 5.90. The second kappa shape index (κ2) is 6.37. The van der Waals surface area contributed by atoms with Crippen molar-refractivity contribution >= 4 is 23.2 Å². The van der Waals surface area contributed by atoms with Crippen molar-refractivity contribution in [1.29, 1.82) is 0 Å². The molecule has 1 atom stereocenters. The van der Waals surface area contributed by atoms with Gasteiger partial charge in [0.15, 0.2) is 0 Å². The third kappa shape index (κ3) is 4.42. The molecule has 0 saturated carbocycles. The molecule has 1 heterocycles.